The van der Waals surface area contributed by atoms with Gasteiger partial charge >= 0.3 is 18.0 Å². The molecule has 19 nitrogen and oxygen atoms in total. The van der Waals surface area contributed by atoms with E-state index in [0.717, 1.165) is 49.7 Å². The number of nitrogens with one attached hydrogen (secondary N) is 1. The Hall–Kier alpha value is -5.72. The third-order valence-corrected chi connectivity index (χ3v) is 13.9. The lowest BCUT2D eigenvalue weighted by Crippen LogP contribution is -2.37. The molecule has 2 amide bonds. The number of amidine groups is 1. The molecule has 20 heteroatoms. The summed E-state index contributed by atoms with van der Waals surface area (Å²) in [5.41, 5.74) is 9.08. The van der Waals surface area contributed by atoms with Crippen LogP contribution in [0.3, 0.4) is 0 Å². The Morgan fingerprint density at radius 2 is 1.34 bits per heavy atom. The summed E-state index contributed by atoms with van der Waals surface area (Å²) in [5, 5.41) is 3.35. The summed E-state index contributed by atoms with van der Waals surface area (Å²) < 4.78 is 41.7. The molecule has 4 rings (SSSR count). The fraction of sp³-hybridized carbons (Fsp3) is 0.596. The monoisotopic (exact) mass is 1090 g/mol. The van der Waals surface area contributed by atoms with E-state index < -0.39 is 44.3 Å². The van der Waals surface area contributed by atoms with Crippen LogP contribution >= 0.6 is 7.82 Å². The molecule has 2 heterocycles. The first-order chi connectivity index (χ1) is 37.0. The van der Waals surface area contributed by atoms with Crippen LogP contribution in [-0.2, 0) is 51.0 Å². The number of quaternary nitrogens is 1. The smallest absolute Gasteiger partial charge is 0.435 e. The lowest BCUT2D eigenvalue weighted by Gasteiger charge is -2.28. The molecule has 0 fully saturated rings. The third kappa shape index (κ3) is 25.5. The number of imidazole rings is 1. The van der Waals surface area contributed by atoms with Crippen LogP contribution in [0.5, 0.6) is 0 Å². The lowest BCUT2D eigenvalue weighted by molar-refractivity contribution is -0.870. The Bertz CT molecular complexity index is 2460. The Morgan fingerprint density at radius 3 is 1.95 bits per heavy atom. The number of nitrogens with two attached hydrogens (primary N) is 1. The standard InChI is InChI=1S/C57H87N8O11P/c1-7-9-11-12-13-14-15-16-17-18-19-20-21-22-27-53(66)73-42-45(44-76-77(70,71)75-39-37-65(4,5)6)43-74-54(67)34-36-64(51-26-23-24-35-59-51)56(68)47-30-33-50-49(40-47)61-52(63(50)3)41-60-48-31-28-46(29-32-48)55(58)62-57(69)72-38-25-10-8-2/h23-24,26,28-33,35,40,45H,7-22,25,27,34,36-39,41-44H2,1-6H3,(H3-,58,60,62,69,70,71). The van der Waals surface area contributed by atoms with Crippen molar-refractivity contribution >= 4 is 60.1 Å². The molecule has 3 N–H and O–H groups in total. The van der Waals surface area contributed by atoms with Crippen molar-refractivity contribution in [2.45, 2.75) is 142 Å². The third-order valence-electron chi connectivity index (χ3n) is 12.9. The second-order valence-corrected chi connectivity index (χ2v) is 22.0. The number of esters is 2. The Kier molecular flexibility index (Phi) is 28.9. The number of fused-ring (bicyclic) bond motifs is 1. The molecule has 4 aromatic rings. The first-order valence-electron chi connectivity index (χ1n) is 27.7. The van der Waals surface area contributed by atoms with Crippen LogP contribution in [0.2, 0.25) is 0 Å². The topological polar surface area (TPSA) is 239 Å². The number of carbonyl (C=O) groups excluding carboxylic acids is 4. The zero-order valence-corrected chi connectivity index (χ0v) is 47.6. The highest BCUT2D eigenvalue weighted by Crippen LogP contribution is 2.38. The van der Waals surface area contributed by atoms with E-state index >= 15 is 0 Å². The van der Waals surface area contributed by atoms with Crippen molar-refractivity contribution in [3.63, 3.8) is 0 Å². The molecule has 0 radical (unpaired) electrons. The lowest BCUT2D eigenvalue weighted by atomic mass is 10.0. The molecule has 0 aliphatic heterocycles. The summed E-state index contributed by atoms with van der Waals surface area (Å²) in [6.07, 6.45) is 20.3. The summed E-state index contributed by atoms with van der Waals surface area (Å²) in [6, 6.07) is 17.4. The van der Waals surface area contributed by atoms with Gasteiger partial charge in [0.1, 0.15) is 30.6 Å². The molecular weight excluding hydrogens is 1000 g/mol. The first-order valence-corrected chi connectivity index (χ1v) is 29.2. The van der Waals surface area contributed by atoms with Crippen molar-refractivity contribution in [1.82, 2.24) is 14.5 Å². The quantitative estimate of drug-likeness (QED) is 0.00803. The van der Waals surface area contributed by atoms with Crippen molar-refractivity contribution in [2.75, 3.05) is 77.5 Å². The van der Waals surface area contributed by atoms with Gasteiger partial charge in [-0.2, -0.15) is 4.99 Å². The number of ether oxygens (including phenoxy) is 3. The number of aliphatic imine (C=N–C) groups is 1. The number of anilines is 2. The predicted molar refractivity (Wildman–Crippen MR) is 299 cm³/mol. The highest BCUT2D eigenvalue weighted by atomic mass is 31.2. The van der Waals surface area contributed by atoms with Gasteiger partial charge in [0.15, 0.2) is 0 Å². The van der Waals surface area contributed by atoms with Gasteiger partial charge in [-0.05, 0) is 67.4 Å². The number of nitrogens with zero attached hydrogens (tertiary/aromatic N) is 6. The van der Waals surface area contributed by atoms with Gasteiger partial charge in [-0.3, -0.25) is 23.8 Å². The number of amides is 2. The van der Waals surface area contributed by atoms with E-state index in [-0.39, 0.29) is 45.0 Å². The Balaban J connectivity index is 1.31. The molecule has 0 saturated heterocycles. The van der Waals surface area contributed by atoms with Crippen LogP contribution in [0.1, 0.15) is 158 Å². The van der Waals surface area contributed by atoms with Gasteiger partial charge in [0.05, 0.1) is 77.5 Å². The van der Waals surface area contributed by atoms with Gasteiger partial charge < -0.3 is 48.3 Å². The molecule has 0 bridgehead atoms. The fourth-order valence-corrected chi connectivity index (χ4v) is 8.99. The van der Waals surface area contributed by atoms with Gasteiger partial charge in [-0.1, -0.05) is 116 Å². The van der Waals surface area contributed by atoms with Gasteiger partial charge in [0.2, 0.25) is 0 Å². The minimum Gasteiger partial charge on any atom is -0.756 e. The van der Waals surface area contributed by atoms with E-state index in [1.165, 1.54) is 69.1 Å². The molecule has 0 aliphatic carbocycles. The SMILES string of the molecule is CCCCCCCCCCCCCCCCC(=O)OCC(COC(=O)CCN(C(=O)c1ccc2c(c1)nc(CNc1ccc(/C(N)=N/C(=O)OCCCCC)cc1)n2C)c1ccccn1)COP(=O)([O-])OCC[N+](C)(C)C. The highest BCUT2D eigenvalue weighted by molar-refractivity contribution is 7.45. The zero-order valence-electron chi connectivity index (χ0n) is 46.7. The predicted octanol–water partition coefficient (Wildman–Crippen LogP) is 10.4. The average Bonchev–Trinajstić information content (AvgIpc) is 3.73. The first kappa shape index (κ1) is 63.8. The second-order valence-electron chi connectivity index (χ2n) is 20.6. The van der Waals surface area contributed by atoms with Crippen LogP contribution < -0.4 is 20.8 Å². The van der Waals surface area contributed by atoms with Crippen LogP contribution in [0.4, 0.5) is 16.3 Å². The fourth-order valence-electron chi connectivity index (χ4n) is 8.21. The van der Waals surface area contributed by atoms with E-state index in [1.54, 1.807) is 54.7 Å². The largest absolute Gasteiger partial charge is 0.756 e. The summed E-state index contributed by atoms with van der Waals surface area (Å²) >= 11 is 0. The number of hydrogen-bond donors (Lipinski definition) is 2. The van der Waals surface area contributed by atoms with Crippen LogP contribution in [-0.4, -0.2) is 116 Å². The molecule has 0 saturated carbocycles. The maximum atomic E-state index is 14.3. The molecule has 2 aromatic carbocycles. The van der Waals surface area contributed by atoms with Gasteiger partial charge in [-0.25, -0.2) is 14.8 Å². The number of hydrogen-bond acceptors (Lipinski definition) is 14. The average molecular weight is 1090 g/mol. The van der Waals surface area contributed by atoms with Gasteiger partial charge in [0, 0.05) is 43.0 Å². The number of phosphoric acid groups is 1. The van der Waals surface area contributed by atoms with Crippen LogP contribution in [0, 0.1) is 5.92 Å². The number of benzene rings is 2. The van der Waals surface area contributed by atoms with Crippen molar-refractivity contribution < 1.29 is 56.4 Å². The number of phosphoric ester groups is 1. The maximum absolute atomic E-state index is 14.3. The molecule has 2 unspecified atom stereocenters. The second kappa shape index (κ2) is 34.9. The van der Waals surface area contributed by atoms with E-state index in [0.29, 0.717) is 58.9 Å². The van der Waals surface area contributed by atoms with Gasteiger partial charge in [0.25, 0.3) is 13.7 Å². The van der Waals surface area contributed by atoms with E-state index in [1.807, 2.05) is 44.9 Å². The summed E-state index contributed by atoms with van der Waals surface area (Å²) in [6.45, 7) is 4.16. The van der Waals surface area contributed by atoms with Crippen molar-refractivity contribution in [3.8, 4) is 0 Å². The summed E-state index contributed by atoms with van der Waals surface area (Å²) in [7, 11) is 2.84. The number of unbranched alkanes of at least 4 members (excludes halogenated alkanes) is 15. The minimum absolute atomic E-state index is 0.0557. The minimum atomic E-state index is -4.74. The summed E-state index contributed by atoms with van der Waals surface area (Å²) in [5.74, 6) is -1.30. The van der Waals surface area contributed by atoms with Gasteiger partial charge in [-0.15, -0.1) is 0 Å². The van der Waals surface area contributed by atoms with E-state index in [2.05, 4.69) is 29.1 Å². The number of pyridine rings is 1. The Morgan fingerprint density at radius 1 is 0.740 bits per heavy atom. The summed E-state index contributed by atoms with van der Waals surface area (Å²) in [4.78, 5) is 79.6. The number of carbonyl (C=O) groups is 4. The van der Waals surface area contributed by atoms with Crippen molar-refractivity contribution in [1.29, 1.82) is 0 Å². The van der Waals surface area contributed by atoms with Crippen molar-refractivity contribution in [3.05, 3.63) is 83.8 Å². The van der Waals surface area contributed by atoms with Crippen LogP contribution in [0.15, 0.2) is 71.9 Å². The molecular formula is C57H87N8O11P. The van der Waals surface area contributed by atoms with E-state index in [9.17, 15) is 28.6 Å². The number of aromatic nitrogens is 3. The Labute approximate surface area is 456 Å². The molecule has 0 aliphatic rings. The van der Waals surface area contributed by atoms with E-state index in [4.69, 9.17) is 34.0 Å². The molecule has 0 spiro atoms. The zero-order chi connectivity index (χ0) is 55.9. The van der Waals surface area contributed by atoms with Crippen LogP contribution in [0.25, 0.3) is 11.0 Å². The molecule has 77 heavy (non-hydrogen) atoms. The van der Waals surface area contributed by atoms with Crippen molar-refractivity contribution in [2.24, 2.45) is 23.7 Å². The number of aryl methyl sites for hydroxylation is 1. The molecule has 2 atom stereocenters. The maximum Gasteiger partial charge on any atom is 0.435 e. The number of likely N-dealkylation sites (N-methyl/N-ethyl adjacent to an activating group) is 1. The number of rotatable bonds is 39. The molecule has 2 aromatic heterocycles. The normalized spacial score (nSPS) is 13.0. The highest BCUT2D eigenvalue weighted by Gasteiger charge is 2.24. The molecule has 426 valence electrons.